The van der Waals surface area contributed by atoms with Crippen LogP contribution in [0.4, 0.5) is 0 Å². The van der Waals surface area contributed by atoms with E-state index in [1.807, 2.05) is 0 Å². The standard InChI is InChI=1S/C15H19ClN2S/c1-11-5-6-13-14(8-11)18(15(9-16)17-13)10-12-4-2-3-7-19-12/h5-6,8,12H,2-4,7,9-10H2,1H3. The minimum atomic E-state index is 0.491. The number of rotatable bonds is 3. The number of halogens is 1. The van der Waals surface area contributed by atoms with Crippen molar-refractivity contribution in [1.82, 2.24) is 9.55 Å². The molecule has 0 bridgehead atoms. The number of hydrogen-bond acceptors (Lipinski definition) is 2. The summed E-state index contributed by atoms with van der Waals surface area (Å²) >= 11 is 8.17. The molecule has 0 aliphatic carbocycles. The SMILES string of the molecule is Cc1ccc2nc(CCl)n(CC3CCCCS3)c2c1. The van der Waals surface area contributed by atoms with Gasteiger partial charge in [0.1, 0.15) is 5.82 Å². The van der Waals surface area contributed by atoms with Gasteiger partial charge >= 0.3 is 0 Å². The first-order valence-electron chi connectivity index (χ1n) is 6.91. The molecule has 1 aliphatic heterocycles. The van der Waals surface area contributed by atoms with E-state index < -0.39 is 0 Å². The molecular formula is C15H19ClN2S. The summed E-state index contributed by atoms with van der Waals surface area (Å²) in [5.74, 6) is 2.80. The minimum Gasteiger partial charge on any atom is -0.326 e. The van der Waals surface area contributed by atoms with Crippen LogP contribution in [0.1, 0.15) is 30.7 Å². The summed E-state index contributed by atoms with van der Waals surface area (Å²) in [4.78, 5) is 4.66. The van der Waals surface area contributed by atoms with Crippen LogP contribution in [0.5, 0.6) is 0 Å². The van der Waals surface area contributed by atoms with E-state index in [9.17, 15) is 0 Å². The number of aryl methyl sites for hydroxylation is 1. The van der Waals surface area contributed by atoms with Gasteiger partial charge in [0.25, 0.3) is 0 Å². The Morgan fingerprint density at radius 3 is 3.05 bits per heavy atom. The highest BCUT2D eigenvalue weighted by Crippen LogP contribution is 2.28. The van der Waals surface area contributed by atoms with Crippen molar-refractivity contribution in [3.63, 3.8) is 0 Å². The Kier molecular flexibility index (Phi) is 4.04. The molecule has 0 amide bonds. The van der Waals surface area contributed by atoms with Gasteiger partial charge < -0.3 is 4.57 Å². The lowest BCUT2D eigenvalue weighted by Crippen LogP contribution is -2.18. The van der Waals surface area contributed by atoms with Crippen molar-refractivity contribution < 1.29 is 0 Å². The first-order chi connectivity index (χ1) is 9.28. The molecular weight excluding hydrogens is 276 g/mol. The molecule has 4 heteroatoms. The molecule has 2 nitrogen and oxygen atoms in total. The van der Waals surface area contributed by atoms with Gasteiger partial charge in [-0.2, -0.15) is 11.8 Å². The maximum Gasteiger partial charge on any atom is 0.124 e. The van der Waals surface area contributed by atoms with Crippen LogP contribution in [0.25, 0.3) is 11.0 Å². The molecule has 0 radical (unpaired) electrons. The summed E-state index contributed by atoms with van der Waals surface area (Å²) < 4.78 is 2.33. The first kappa shape index (κ1) is 13.3. The molecule has 2 heterocycles. The maximum absolute atomic E-state index is 6.07. The quantitative estimate of drug-likeness (QED) is 0.782. The molecule has 102 valence electrons. The third kappa shape index (κ3) is 2.77. The zero-order valence-corrected chi connectivity index (χ0v) is 12.8. The number of hydrogen-bond donors (Lipinski definition) is 0. The molecule has 1 aliphatic rings. The number of fused-ring (bicyclic) bond motifs is 1. The molecule has 1 saturated heterocycles. The molecule has 1 aromatic carbocycles. The van der Waals surface area contributed by atoms with Crippen LogP contribution >= 0.6 is 23.4 Å². The van der Waals surface area contributed by atoms with Gasteiger partial charge in [-0.3, -0.25) is 0 Å². The van der Waals surface area contributed by atoms with Crippen molar-refractivity contribution in [3.05, 3.63) is 29.6 Å². The smallest absolute Gasteiger partial charge is 0.124 e. The monoisotopic (exact) mass is 294 g/mol. The molecule has 19 heavy (non-hydrogen) atoms. The fourth-order valence-electron chi connectivity index (χ4n) is 2.74. The van der Waals surface area contributed by atoms with E-state index in [1.165, 1.54) is 36.1 Å². The Balaban J connectivity index is 1.97. The summed E-state index contributed by atoms with van der Waals surface area (Å²) in [5.41, 5.74) is 3.59. The second-order valence-corrected chi connectivity index (χ2v) is 6.93. The third-order valence-corrected chi connectivity index (χ3v) is 5.38. The lowest BCUT2D eigenvalue weighted by atomic mass is 10.2. The van der Waals surface area contributed by atoms with Crippen LogP contribution < -0.4 is 0 Å². The zero-order chi connectivity index (χ0) is 13.2. The average Bonchev–Trinajstić information content (AvgIpc) is 2.78. The van der Waals surface area contributed by atoms with Crippen LogP contribution in [0, 0.1) is 6.92 Å². The van der Waals surface area contributed by atoms with E-state index in [0.29, 0.717) is 11.1 Å². The van der Waals surface area contributed by atoms with Gasteiger partial charge in [0.15, 0.2) is 0 Å². The number of benzene rings is 1. The molecule has 0 N–H and O–H groups in total. The molecule has 0 spiro atoms. The van der Waals surface area contributed by atoms with E-state index >= 15 is 0 Å². The van der Waals surface area contributed by atoms with Gasteiger partial charge in [0.2, 0.25) is 0 Å². The Morgan fingerprint density at radius 2 is 2.32 bits per heavy atom. The van der Waals surface area contributed by atoms with Crippen LogP contribution in [-0.4, -0.2) is 20.6 Å². The minimum absolute atomic E-state index is 0.491. The molecule has 1 fully saturated rings. The average molecular weight is 295 g/mol. The highest BCUT2D eigenvalue weighted by Gasteiger charge is 2.18. The highest BCUT2D eigenvalue weighted by molar-refractivity contribution is 7.99. The Hall–Kier alpha value is -0.670. The van der Waals surface area contributed by atoms with Gasteiger partial charge in [-0.25, -0.2) is 4.98 Å². The van der Waals surface area contributed by atoms with Gasteiger partial charge in [0.05, 0.1) is 16.9 Å². The summed E-state index contributed by atoms with van der Waals surface area (Å²) in [6, 6.07) is 6.45. The molecule has 1 atom stereocenters. The van der Waals surface area contributed by atoms with E-state index in [-0.39, 0.29) is 0 Å². The van der Waals surface area contributed by atoms with Crippen molar-refractivity contribution in [3.8, 4) is 0 Å². The van der Waals surface area contributed by atoms with Gasteiger partial charge in [-0.1, -0.05) is 12.5 Å². The predicted molar refractivity (Wildman–Crippen MR) is 84.1 cm³/mol. The lowest BCUT2D eigenvalue weighted by Gasteiger charge is -2.22. The van der Waals surface area contributed by atoms with Crippen molar-refractivity contribution in [2.45, 2.75) is 43.9 Å². The van der Waals surface area contributed by atoms with Crippen molar-refractivity contribution in [2.24, 2.45) is 0 Å². The number of imidazole rings is 1. The van der Waals surface area contributed by atoms with Crippen molar-refractivity contribution in [2.75, 3.05) is 5.75 Å². The first-order valence-corrected chi connectivity index (χ1v) is 8.49. The molecule has 1 unspecified atom stereocenters. The second kappa shape index (κ2) is 5.76. The fraction of sp³-hybridized carbons (Fsp3) is 0.533. The zero-order valence-electron chi connectivity index (χ0n) is 11.2. The van der Waals surface area contributed by atoms with Crippen LogP contribution in [0.15, 0.2) is 18.2 Å². The topological polar surface area (TPSA) is 17.8 Å². The predicted octanol–water partition coefficient (Wildman–Crippen LogP) is 4.37. The Labute approximate surface area is 123 Å². The number of thioether (sulfide) groups is 1. The van der Waals surface area contributed by atoms with Gasteiger partial charge in [-0.15, -0.1) is 11.6 Å². The summed E-state index contributed by atoms with van der Waals surface area (Å²) in [6.07, 6.45) is 4.05. The van der Waals surface area contributed by atoms with Crippen LogP contribution in [-0.2, 0) is 12.4 Å². The summed E-state index contributed by atoms with van der Waals surface area (Å²) in [7, 11) is 0. The lowest BCUT2D eigenvalue weighted by molar-refractivity contribution is 0.582. The van der Waals surface area contributed by atoms with E-state index in [2.05, 4.69) is 46.4 Å². The van der Waals surface area contributed by atoms with Crippen LogP contribution in [0.2, 0.25) is 0 Å². The van der Waals surface area contributed by atoms with Crippen molar-refractivity contribution >= 4 is 34.4 Å². The normalized spacial score (nSPS) is 20.0. The van der Waals surface area contributed by atoms with E-state index in [4.69, 9.17) is 11.6 Å². The maximum atomic E-state index is 6.07. The third-order valence-electron chi connectivity index (χ3n) is 3.76. The second-order valence-electron chi connectivity index (χ2n) is 5.25. The van der Waals surface area contributed by atoms with Crippen molar-refractivity contribution in [1.29, 1.82) is 0 Å². The molecule has 2 aromatic rings. The number of nitrogens with zero attached hydrogens (tertiary/aromatic N) is 2. The van der Waals surface area contributed by atoms with E-state index in [0.717, 1.165) is 17.9 Å². The fourth-order valence-corrected chi connectivity index (χ4v) is 4.24. The molecule has 3 rings (SSSR count). The Bertz CT molecular complexity index is 573. The van der Waals surface area contributed by atoms with Gasteiger partial charge in [-0.05, 0) is 43.2 Å². The number of aromatic nitrogens is 2. The largest absolute Gasteiger partial charge is 0.326 e. The Morgan fingerprint density at radius 1 is 1.42 bits per heavy atom. The highest BCUT2D eigenvalue weighted by atomic mass is 35.5. The molecule has 0 saturated carbocycles. The number of alkyl halides is 1. The summed E-state index contributed by atoms with van der Waals surface area (Å²) in [5, 5.41) is 0.716. The van der Waals surface area contributed by atoms with Crippen LogP contribution in [0.3, 0.4) is 0 Å². The van der Waals surface area contributed by atoms with Gasteiger partial charge in [0, 0.05) is 11.8 Å². The summed E-state index contributed by atoms with van der Waals surface area (Å²) in [6.45, 7) is 3.18. The molecule has 1 aromatic heterocycles. The van der Waals surface area contributed by atoms with E-state index in [1.54, 1.807) is 0 Å².